The third kappa shape index (κ3) is 6.44. The van der Waals surface area contributed by atoms with Crippen molar-refractivity contribution in [2.75, 3.05) is 52.9 Å². The van der Waals surface area contributed by atoms with E-state index in [1.807, 2.05) is 29.2 Å². The van der Waals surface area contributed by atoms with Crippen LogP contribution in [-0.2, 0) is 16.0 Å². The van der Waals surface area contributed by atoms with Crippen molar-refractivity contribution >= 4 is 11.9 Å². The van der Waals surface area contributed by atoms with Gasteiger partial charge in [-0.15, -0.1) is 0 Å². The van der Waals surface area contributed by atoms with E-state index >= 15 is 0 Å². The second-order valence-corrected chi connectivity index (χ2v) is 8.15. The lowest BCUT2D eigenvalue weighted by atomic mass is 9.81. The maximum absolute atomic E-state index is 12.9. The number of piperidine rings is 1. The van der Waals surface area contributed by atoms with E-state index in [9.17, 15) is 14.7 Å². The summed E-state index contributed by atoms with van der Waals surface area (Å²) in [6.07, 6.45) is 2.29. The zero-order chi connectivity index (χ0) is 20.6. The Morgan fingerprint density at radius 3 is 2.52 bits per heavy atom. The molecule has 160 valence electrons. The smallest absolute Gasteiger partial charge is 0.303 e. The molecule has 0 saturated carbocycles. The first-order chi connectivity index (χ1) is 14.0. The summed E-state index contributed by atoms with van der Waals surface area (Å²) in [6.45, 7) is 6.39. The van der Waals surface area contributed by atoms with Gasteiger partial charge in [-0.05, 0) is 48.9 Å². The molecule has 0 aliphatic carbocycles. The molecule has 0 aromatic heterocycles. The van der Waals surface area contributed by atoms with Crippen LogP contribution in [-0.4, -0.2) is 79.7 Å². The molecule has 2 N–H and O–H groups in total. The molecular weight excluding hydrogens is 370 g/mol. The second kappa shape index (κ2) is 10.6. The van der Waals surface area contributed by atoms with Crippen LogP contribution >= 0.6 is 0 Å². The molecule has 2 atom stereocenters. The molecule has 7 nitrogen and oxygen atoms in total. The molecule has 1 amide bonds. The highest BCUT2D eigenvalue weighted by molar-refractivity contribution is 5.79. The van der Waals surface area contributed by atoms with Crippen LogP contribution in [0.1, 0.15) is 24.8 Å². The van der Waals surface area contributed by atoms with E-state index < -0.39 is 5.97 Å². The minimum absolute atomic E-state index is 0.121. The predicted molar refractivity (Wildman–Crippen MR) is 111 cm³/mol. The van der Waals surface area contributed by atoms with Gasteiger partial charge in [0.25, 0.3) is 0 Å². The van der Waals surface area contributed by atoms with Crippen LogP contribution in [0.25, 0.3) is 0 Å². The molecule has 1 aromatic carbocycles. The van der Waals surface area contributed by atoms with Crippen LogP contribution in [0.2, 0.25) is 0 Å². The maximum Gasteiger partial charge on any atom is 0.303 e. The lowest BCUT2D eigenvalue weighted by Crippen LogP contribution is -2.47. The van der Waals surface area contributed by atoms with Crippen molar-refractivity contribution in [3.05, 3.63) is 29.8 Å². The quantitative estimate of drug-likeness (QED) is 0.684. The number of hydrogen-bond donors (Lipinski definition) is 2. The summed E-state index contributed by atoms with van der Waals surface area (Å²) in [4.78, 5) is 28.6. The van der Waals surface area contributed by atoms with Crippen LogP contribution in [0.4, 0.5) is 0 Å². The van der Waals surface area contributed by atoms with Gasteiger partial charge in [0.2, 0.25) is 5.91 Å². The van der Waals surface area contributed by atoms with Crippen molar-refractivity contribution < 1.29 is 19.4 Å². The van der Waals surface area contributed by atoms with Crippen molar-refractivity contribution in [3.63, 3.8) is 0 Å². The standard InChI is InChI=1S/C22H33N3O4/c1-29-20-4-2-17(3-5-20)14-21(26)25-11-7-18(15-22(27)28)19(16-25)6-10-24-12-8-23-9-13-24/h2-5,18-19,23H,6-16H2,1H3,(H,27,28). The number of carboxylic acid groups (broad SMARTS) is 1. The zero-order valence-electron chi connectivity index (χ0n) is 17.3. The van der Waals surface area contributed by atoms with Gasteiger partial charge in [-0.25, -0.2) is 0 Å². The average molecular weight is 404 g/mol. The number of benzene rings is 1. The Morgan fingerprint density at radius 1 is 1.14 bits per heavy atom. The van der Waals surface area contributed by atoms with E-state index in [1.54, 1.807) is 7.11 Å². The fourth-order valence-corrected chi connectivity index (χ4v) is 4.44. The van der Waals surface area contributed by atoms with Crippen LogP contribution in [0.5, 0.6) is 5.75 Å². The Labute approximate surface area is 173 Å². The summed E-state index contributed by atoms with van der Waals surface area (Å²) >= 11 is 0. The third-order valence-electron chi connectivity index (χ3n) is 6.22. The van der Waals surface area contributed by atoms with E-state index in [4.69, 9.17) is 4.74 Å². The Morgan fingerprint density at radius 2 is 1.86 bits per heavy atom. The third-order valence-corrected chi connectivity index (χ3v) is 6.22. The molecular formula is C22H33N3O4. The minimum atomic E-state index is -0.736. The molecule has 3 rings (SSSR count). The number of carboxylic acids is 1. The van der Waals surface area contributed by atoms with Gasteiger partial charge in [-0.1, -0.05) is 12.1 Å². The highest BCUT2D eigenvalue weighted by Crippen LogP contribution is 2.30. The molecule has 2 aliphatic rings. The summed E-state index contributed by atoms with van der Waals surface area (Å²) in [5.41, 5.74) is 0.973. The Hall–Kier alpha value is -2.12. The van der Waals surface area contributed by atoms with Crippen LogP contribution in [0.15, 0.2) is 24.3 Å². The molecule has 29 heavy (non-hydrogen) atoms. The number of amides is 1. The number of piperazine rings is 1. The first kappa shape index (κ1) is 21.6. The van der Waals surface area contributed by atoms with Gasteiger partial charge in [0, 0.05) is 45.7 Å². The molecule has 0 bridgehead atoms. The monoisotopic (exact) mass is 403 g/mol. The van der Waals surface area contributed by atoms with Gasteiger partial charge >= 0.3 is 5.97 Å². The van der Waals surface area contributed by atoms with E-state index in [1.165, 1.54) is 0 Å². The average Bonchev–Trinajstić information content (AvgIpc) is 2.74. The molecule has 2 heterocycles. The summed E-state index contributed by atoms with van der Waals surface area (Å²) in [7, 11) is 1.63. The number of likely N-dealkylation sites (tertiary alicyclic amines) is 1. The number of carbonyl (C=O) groups is 2. The number of carbonyl (C=O) groups excluding carboxylic acids is 1. The van der Waals surface area contributed by atoms with E-state index in [0.29, 0.717) is 19.5 Å². The molecule has 2 unspecified atom stereocenters. The fraction of sp³-hybridized carbons (Fsp3) is 0.636. The first-order valence-corrected chi connectivity index (χ1v) is 10.6. The Balaban J connectivity index is 1.57. The Kier molecular flexibility index (Phi) is 7.89. The highest BCUT2D eigenvalue weighted by Gasteiger charge is 2.32. The van der Waals surface area contributed by atoms with E-state index in [2.05, 4.69) is 10.2 Å². The van der Waals surface area contributed by atoms with Gasteiger partial charge < -0.3 is 25.0 Å². The molecule has 7 heteroatoms. The summed E-state index contributed by atoms with van der Waals surface area (Å²) in [6, 6.07) is 7.60. The van der Waals surface area contributed by atoms with Crippen LogP contribution in [0.3, 0.4) is 0 Å². The number of methoxy groups -OCH3 is 1. The van der Waals surface area contributed by atoms with Gasteiger partial charge in [0.15, 0.2) is 0 Å². The number of nitrogens with one attached hydrogen (secondary N) is 1. The summed E-state index contributed by atoms with van der Waals surface area (Å²) in [5.74, 6) is 0.565. The van der Waals surface area contributed by atoms with Crippen LogP contribution < -0.4 is 10.1 Å². The predicted octanol–water partition coefficient (Wildman–Crippen LogP) is 1.47. The Bertz CT molecular complexity index is 673. The lowest BCUT2D eigenvalue weighted by molar-refractivity contribution is -0.139. The van der Waals surface area contributed by atoms with E-state index in [-0.39, 0.29) is 24.2 Å². The SMILES string of the molecule is COc1ccc(CC(=O)N2CCC(CC(=O)O)C(CCN3CCNCC3)C2)cc1. The van der Waals surface area contributed by atoms with Crippen molar-refractivity contribution in [3.8, 4) is 5.75 Å². The molecule has 1 aromatic rings. The number of rotatable bonds is 8. The van der Waals surface area contributed by atoms with Crippen molar-refractivity contribution in [2.24, 2.45) is 11.8 Å². The van der Waals surface area contributed by atoms with Crippen molar-refractivity contribution in [1.82, 2.24) is 15.1 Å². The van der Waals surface area contributed by atoms with Crippen molar-refractivity contribution in [1.29, 1.82) is 0 Å². The normalized spacial score (nSPS) is 23.0. The van der Waals surface area contributed by atoms with Gasteiger partial charge in [-0.3, -0.25) is 9.59 Å². The van der Waals surface area contributed by atoms with Gasteiger partial charge in [0.05, 0.1) is 13.5 Å². The van der Waals surface area contributed by atoms with Crippen LogP contribution in [0, 0.1) is 11.8 Å². The molecule has 0 spiro atoms. The zero-order valence-corrected chi connectivity index (χ0v) is 17.3. The number of nitrogens with zero attached hydrogens (tertiary/aromatic N) is 2. The molecule has 2 aliphatic heterocycles. The topological polar surface area (TPSA) is 82.1 Å². The van der Waals surface area contributed by atoms with Crippen molar-refractivity contribution in [2.45, 2.75) is 25.7 Å². The van der Waals surface area contributed by atoms with Gasteiger partial charge in [-0.2, -0.15) is 0 Å². The summed E-state index contributed by atoms with van der Waals surface area (Å²) in [5, 5.41) is 12.7. The summed E-state index contributed by atoms with van der Waals surface area (Å²) < 4.78 is 5.17. The minimum Gasteiger partial charge on any atom is -0.497 e. The molecule has 0 radical (unpaired) electrons. The first-order valence-electron chi connectivity index (χ1n) is 10.6. The highest BCUT2D eigenvalue weighted by atomic mass is 16.5. The second-order valence-electron chi connectivity index (χ2n) is 8.15. The lowest BCUT2D eigenvalue weighted by Gasteiger charge is -2.39. The van der Waals surface area contributed by atoms with E-state index in [0.717, 1.165) is 56.9 Å². The number of hydrogen-bond acceptors (Lipinski definition) is 5. The molecule has 2 saturated heterocycles. The molecule has 2 fully saturated rings. The maximum atomic E-state index is 12.9. The number of ether oxygens (including phenoxy) is 1. The fourth-order valence-electron chi connectivity index (χ4n) is 4.44. The number of aliphatic carboxylic acids is 1. The van der Waals surface area contributed by atoms with Gasteiger partial charge in [0.1, 0.15) is 5.75 Å². The largest absolute Gasteiger partial charge is 0.497 e.